The molecular formula is C10H12N5Na2O8P. The maximum Gasteiger partial charge on any atom is 1.00 e. The molecule has 2 aromatic rings. The first-order chi connectivity index (χ1) is 11.2. The summed E-state index contributed by atoms with van der Waals surface area (Å²) in [7, 11) is -4.99. The van der Waals surface area contributed by atoms with Crippen LogP contribution in [0.4, 0.5) is 5.95 Å². The van der Waals surface area contributed by atoms with Gasteiger partial charge in [0.25, 0.3) is 5.95 Å². The van der Waals surface area contributed by atoms with Crippen LogP contribution in [0, 0.1) is 0 Å². The first-order valence-electron chi connectivity index (χ1n) is 6.57. The first kappa shape index (κ1) is 24.3. The molecule has 26 heavy (non-hydrogen) atoms. The molecule has 4 atom stereocenters. The van der Waals surface area contributed by atoms with Gasteiger partial charge in [-0.25, -0.2) is 19.9 Å². The van der Waals surface area contributed by atoms with Crippen molar-refractivity contribution in [1.29, 1.82) is 0 Å². The second-order valence-corrected chi connectivity index (χ2v) is 6.30. The molecule has 3 heterocycles. The van der Waals surface area contributed by atoms with Crippen molar-refractivity contribution < 1.29 is 99.0 Å². The molecular weight excluding hydrogens is 395 g/mol. The molecule has 16 heteroatoms. The molecule has 1 aliphatic heterocycles. The Kier molecular flexibility index (Phi) is 8.61. The Hall–Kier alpha value is 0.300. The number of rotatable bonds is 4. The van der Waals surface area contributed by atoms with Gasteiger partial charge in [0.1, 0.15) is 31.9 Å². The molecule has 0 spiro atoms. The van der Waals surface area contributed by atoms with Crippen molar-refractivity contribution in [1.82, 2.24) is 19.5 Å². The number of anilines is 1. The molecule has 1 saturated heterocycles. The summed E-state index contributed by atoms with van der Waals surface area (Å²) in [5, 5.41) is 42.3. The number of hydrogen-bond donors (Lipinski definition) is 5. The summed E-state index contributed by atoms with van der Waals surface area (Å²) < 4.78 is 6.38. The number of hydrogen-bond acceptors (Lipinski definition) is 12. The fourth-order valence-corrected chi connectivity index (χ4v) is 2.72. The van der Waals surface area contributed by atoms with Crippen molar-refractivity contribution in [2.24, 2.45) is 0 Å². The average Bonchev–Trinajstić information content (AvgIpc) is 3.00. The van der Waals surface area contributed by atoms with E-state index in [1.165, 1.54) is 0 Å². The number of imidazole rings is 1. The summed E-state index contributed by atoms with van der Waals surface area (Å²) in [4.78, 5) is 41.3. The van der Waals surface area contributed by atoms with E-state index >= 15 is 0 Å². The minimum Gasteiger partial charge on any atom is -0.857 e. The van der Waals surface area contributed by atoms with Crippen LogP contribution >= 0.6 is 8.09 Å². The second-order valence-electron chi connectivity index (χ2n) is 5.04. The molecule has 3 rings (SSSR count). The Balaban J connectivity index is 0.00000169. The number of fused-ring (bicyclic) bond motifs is 1. The van der Waals surface area contributed by atoms with Crippen molar-refractivity contribution in [3.63, 3.8) is 0 Å². The molecule has 1 fully saturated rings. The molecule has 1 aliphatic rings. The standard InChI is InChI=1S/C10H14N5O8P.2Na/c16-1-3-5(17)6(18)9(23-3)15-2-11-4-7(15)12-10(13-8(4)19)14-24(20,21)22;;/h2-3,5-6,9,16-18H,1H2,(H4,12,13,14,19,20,21,22);;/q;2*+1/p-2/t3-,5-,6-,9-;;/m1../s1. The van der Waals surface area contributed by atoms with Gasteiger partial charge in [-0.05, 0) is 0 Å². The monoisotopic (exact) mass is 407 g/mol. The summed E-state index contributed by atoms with van der Waals surface area (Å²) in [6.07, 6.45) is -4.04. The Bertz CT molecular complexity index is 761. The fraction of sp³-hybridized carbons (Fsp3) is 0.500. The molecule has 5 N–H and O–H groups in total. The van der Waals surface area contributed by atoms with Crippen molar-refractivity contribution in [3.8, 4) is 5.88 Å². The van der Waals surface area contributed by atoms with Gasteiger partial charge in [0, 0.05) is 5.88 Å². The molecule has 2 aromatic heterocycles. The topological polar surface area (TPSA) is 215 Å². The zero-order chi connectivity index (χ0) is 17.6. The molecule has 0 aliphatic carbocycles. The third-order valence-electron chi connectivity index (χ3n) is 3.42. The second kappa shape index (κ2) is 9.20. The van der Waals surface area contributed by atoms with E-state index in [4.69, 9.17) is 14.7 Å². The third kappa shape index (κ3) is 4.82. The largest absolute Gasteiger partial charge is 1.00 e. The summed E-state index contributed by atoms with van der Waals surface area (Å²) in [6.45, 7) is -0.556. The Morgan fingerprint density at radius 1 is 1.23 bits per heavy atom. The van der Waals surface area contributed by atoms with E-state index in [9.17, 15) is 25.1 Å². The predicted molar refractivity (Wildman–Crippen MR) is 70.5 cm³/mol. The van der Waals surface area contributed by atoms with Crippen molar-refractivity contribution in [2.75, 3.05) is 11.7 Å². The molecule has 0 saturated carbocycles. The Morgan fingerprint density at radius 2 is 1.88 bits per heavy atom. The van der Waals surface area contributed by atoms with Crippen LogP contribution in [0.3, 0.4) is 0 Å². The number of nitrogens with one attached hydrogen (secondary N) is 1. The van der Waals surface area contributed by atoms with E-state index in [1.54, 1.807) is 5.09 Å². The van der Waals surface area contributed by atoms with E-state index in [-0.39, 0.29) is 70.3 Å². The minimum absolute atomic E-state index is 0. The summed E-state index contributed by atoms with van der Waals surface area (Å²) >= 11 is 0. The van der Waals surface area contributed by atoms with Gasteiger partial charge in [0.2, 0.25) is 0 Å². The molecule has 0 amide bonds. The quantitative estimate of drug-likeness (QED) is 0.236. The smallest absolute Gasteiger partial charge is 0.857 e. The van der Waals surface area contributed by atoms with Crippen LogP contribution in [0.5, 0.6) is 5.88 Å². The van der Waals surface area contributed by atoms with Crippen LogP contribution < -0.4 is 79.1 Å². The van der Waals surface area contributed by atoms with Crippen molar-refractivity contribution in [2.45, 2.75) is 24.5 Å². The summed E-state index contributed by atoms with van der Waals surface area (Å²) in [5.74, 6) is -1.62. The number of aliphatic hydroxyl groups is 3. The first-order valence-corrected chi connectivity index (χ1v) is 8.15. The van der Waals surface area contributed by atoms with E-state index in [0.717, 1.165) is 10.9 Å². The van der Waals surface area contributed by atoms with E-state index < -0.39 is 51.1 Å². The minimum atomic E-state index is -4.99. The Labute approximate surface area is 190 Å². The number of ether oxygens (including phenoxy) is 1. The Morgan fingerprint density at radius 3 is 2.42 bits per heavy atom. The molecule has 0 bridgehead atoms. The molecule has 0 unspecified atom stereocenters. The molecule has 132 valence electrons. The van der Waals surface area contributed by atoms with E-state index in [0.29, 0.717) is 0 Å². The summed E-state index contributed by atoms with van der Waals surface area (Å²) in [6, 6.07) is 0. The molecule has 0 radical (unpaired) electrons. The van der Waals surface area contributed by atoms with Gasteiger partial charge < -0.3 is 34.9 Å². The van der Waals surface area contributed by atoms with Gasteiger partial charge in [0.05, 0.1) is 12.9 Å². The van der Waals surface area contributed by atoms with Gasteiger partial charge in [0.15, 0.2) is 11.9 Å². The van der Waals surface area contributed by atoms with Crippen LogP contribution in [0.2, 0.25) is 0 Å². The maximum absolute atomic E-state index is 11.8. The zero-order valence-corrected chi connectivity index (χ0v) is 18.6. The SMILES string of the molecule is [Na+].[Na+].[O-]c1nc(N[P+]([O-])([O-])O)nc2c1ncn2[C@@H]1O[C@H](CO)[C@@H](O)[C@H]1O. The molecule has 13 nitrogen and oxygen atoms in total. The van der Waals surface area contributed by atoms with Gasteiger partial charge >= 0.3 is 59.1 Å². The van der Waals surface area contributed by atoms with Gasteiger partial charge in [-0.2, -0.15) is 4.98 Å². The normalized spacial score (nSPS) is 25.6. The average molecular weight is 407 g/mol. The van der Waals surface area contributed by atoms with Crippen LogP contribution in [0.25, 0.3) is 11.2 Å². The van der Waals surface area contributed by atoms with Crippen LogP contribution in [0.1, 0.15) is 6.23 Å². The van der Waals surface area contributed by atoms with Crippen LogP contribution in [0.15, 0.2) is 6.33 Å². The number of nitrogens with zero attached hydrogens (tertiary/aromatic N) is 4. The van der Waals surface area contributed by atoms with Gasteiger partial charge in [-0.1, -0.05) is 0 Å². The van der Waals surface area contributed by atoms with E-state index in [2.05, 4.69) is 15.0 Å². The van der Waals surface area contributed by atoms with Crippen LogP contribution in [-0.4, -0.2) is 64.7 Å². The van der Waals surface area contributed by atoms with Crippen molar-refractivity contribution >= 4 is 25.2 Å². The maximum atomic E-state index is 11.8. The predicted octanol–water partition coefficient (Wildman–Crippen LogP) is -10.7. The van der Waals surface area contributed by atoms with Gasteiger partial charge in [-0.15, -0.1) is 0 Å². The fourth-order valence-electron chi connectivity index (χ4n) is 2.36. The number of aliphatic hydroxyl groups excluding tert-OH is 3. The molecule has 0 aromatic carbocycles. The van der Waals surface area contributed by atoms with Gasteiger partial charge in [-0.3, -0.25) is 4.57 Å². The third-order valence-corrected chi connectivity index (χ3v) is 3.90. The summed E-state index contributed by atoms with van der Waals surface area (Å²) in [5.41, 5.74) is -0.433. The number of aromatic nitrogens is 4. The zero-order valence-electron chi connectivity index (χ0n) is 13.8. The van der Waals surface area contributed by atoms with Crippen LogP contribution in [-0.2, 0) is 4.74 Å². The van der Waals surface area contributed by atoms with Crippen molar-refractivity contribution in [3.05, 3.63) is 6.33 Å². The van der Waals surface area contributed by atoms with E-state index in [1.807, 2.05) is 0 Å².